The molecule has 2 aromatic rings. The topological polar surface area (TPSA) is 48.5 Å². The zero-order valence-corrected chi connectivity index (χ0v) is 16.0. The van der Waals surface area contributed by atoms with Crippen molar-refractivity contribution in [1.82, 2.24) is 15.2 Å². The molecule has 0 atom stereocenters. The Kier molecular flexibility index (Phi) is 5.67. The summed E-state index contributed by atoms with van der Waals surface area (Å²) in [6.45, 7) is 7.81. The molecule has 0 bridgehead atoms. The standard InChI is InChI=1S/C20H25ClN4O/c1-20(2,16-6-8-17(21)9-7-16)15-23-19(26)25-13-11-24(12-14-25)18-5-3-4-10-22-18/h3-10H,11-15H2,1-2H3,(H,23,26). The Labute approximate surface area is 160 Å². The molecule has 0 aliphatic carbocycles. The molecule has 5 nitrogen and oxygen atoms in total. The Morgan fingerprint density at radius 2 is 1.81 bits per heavy atom. The molecule has 138 valence electrons. The number of halogens is 1. The highest BCUT2D eigenvalue weighted by molar-refractivity contribution is 6.30. The number of hydrogen-bond acceptors (Lipinski definition) is 3. The normalized spacial score (nSPS) is 15.0. The van der Waals surface area contributed by atoms with Crippen LogP contribution in [-0.4, -0.2) is 48.6 Å². The van der Waals surface area contributed by atoms with Gasteiger partial charge in [-0.15, -0.1) is 0 Å². The van der Waals surface area contributed by atoms with E-state index in [0.717, 1.165) is 29.5 Å². The zero-order valence-electron chi connectivity index (χ0n) is 15.3. The average Bonchev–Trinajstić information content (AvgIpc) is 2.67. The van der Waals surface area contributed by atoms with Gasteiger partial charge in [-0.3, -0.25) is 0 Å². The molecule has 1 aliphatic heterocycles. The first-order valence-corrected chi connectivity index (χ1v) is 9.28. The largest absolute Gasteiger partial charge is 0.353 e. The molecule has 1 aliphatic rings. The van der Waals surface area contributed by atoms with Gasteiger partial charge in [-0.25, -0.2) is 9.78 Å². The zero-order chi connectivity index (χ0) is 18.6. The summed E-state index contributed by atoms with van der Waals surface area (Å²) in [5.74, 6) is 0.969. The molecule has 2 heterocycles. The van der Waals surface area contributed by atoms with E-state index in [1.807, 2.05) is 47.4 Å². The van der Waals surface area contributed by atoms with E-state index >= 15 is 0 Å². The molecule has 0 saturated carbocycles. The number of urea groups is 1. The molecule has 1 saturated heterocycles. The Morgan fingerprint density at radius 3 is 2.42 bits per heavy atom. The third-order valence-electron chi connectivity index (χ3n) is 4.85. The monoisotopic (exact) mass is 372 g/mol. The first-order chi connectivity index (χ1) is 12.5. The average molecular weight is 373 g/mol. The lowest BCUT2D eigenvalue weighted by Gasteiger charge is -2.36. The van der Waals surface area contributed by atoms with Crippen LogP contribution < -0.4 is 10.2 Å². The maximum Gasteiger partial charge on any atom is 0.317 e. The summed E-state index contributed by atoms with van der Waals surface area (Å²) in [6, 6.07) is 13.7. The first-order valence-electron chi connectivity index (χ1n) is 8.90. The molecule has 6 heteroatoms. The fraction of sp³-hybridized carbons (Fsp3) is 0.400. The Bertz CT molecular complexity index is 725. The van der Waals surface area contributed by atoms with Gasteiger partial charge < -0.3 is 15.1 Å². The van der Waals surface area contributed by atoms with Crippen molar-refractivity contribution < 1.29 is 4.79 Å². The number of piperazine rings is 1. The van der Waals surface area contributed by atoms with Gasteiger partial charge in [-0.2, -0.15) is 0 Å². The van der Waals surface area contributed by atoms with Gasteiger partial charge in [0.1, 0.15) is 5.82 Å². The predicted octanol–water partition coefficient (Wildman–Crippen LogP) is 3.54. The Balaban J connectivity index is 1.50. The number of carbonyl (C=O) groups is 1. The van der Waals surface area contributed by atoms with Crippen molar-refractivity contribution in [2.75, 3.05) is 37.6 Å². The minimum Gasteiger partial charge on any atom is -0.353 e. The van der Waals surface area contributed by atoms with Crippen molar-refractivity contribution in [2.45, 2.75) is 19.3 Å². The molecule has 1 fully saturated rings. The highest BCUT2D eigenvalue weighted by Crippen LogP contribution is 2.24. The summed E-state index contributed by atoms with van der Waals surface area (Å²) in [5.41, 5.74) is 0.998. The third-order valence-corrected chi connectivity index (χ3v) is 5.10. The van der Waals surface area contributed by atoms with Crippen LogP contribution in [0.3, 0.4) is 0 Å². The van der Waals surface area contributed by atoms with Crippen molar-refractivity contribution in [2.24, 2.45) is 0 Å². The number of nitrogens with one attached hydrogen (secondary N) is 1. The number of pyridine rings is 1. The van der Waals surface area contributed by atoms with E-state index in [0.29, 0.717) is 19.6 Å². The number of nitrogens with zero attached hydrogens (tertiary/aromatic N) is 3. The van der Waals surface area contributed by atoms with E-state index in [-0.39, 0.29) is 11.4 Å². The number of rotatable bonds is 4. The lowest BCUT2D eigenvalue weighted by Crippen LogP contribution is -2.53. The maximum atomic E-state index is 12.5. The predicted molar refractivity (Wildman–Crippen MR) is 106 cm³/mol. The van der Waals surface area contributed by atoms with Crippen molar-refractivity contribution in [1.29, 1.82) is 0 Å². The molecule has 1 aromatic heterocycles. The molecule has 1 aromatic carbocycles. The quantitative estimate of drug-likeness (QED) is 0.892. The van der Waals surface area contributed by atoms with Crippen LogP contribution >= 0.6 is 11.6 Å². The van der Waals surface area contributed by atoms with Gasteiger partial charge in [0, 0.05) is 49.4 Å². The second-order valence-electron chi connectivity index (χ2n) is 7.21. The highest BCUT2D eigenvalue weighted by atomic mass is 35.5. The van der Waals surface area contributed by atoms with E-state index in [2.05, 4.69) is 29.0 Å². The molecular weight excluding hydrogens is 348 g/mol. The number of hydrogen-bond donors (Lipinski definition) is 1. The van der Waals surface area contributed by atoms with E-state index in [9.17, 15) is 4.79 Å². The van der Waals surface area contributed by atoms with Crippen LogP contribution in [0.25, 0.3) is 0 Å². The van der Waals surface area contributed by atoms with Gasteiger partial charge in [0.15, 0.2) is 0 Å². The van der Waals surface area contributed by atoms with Crippen molar-refractivity contribution in [3.05, 3.63) is 59.2 Å². The molecule has 1 N–H and O–H groups in total. The number of aromatic nitrogens is 1. The Morgan fingerprint density at radius 1 is 1.12 bits per heavy atom. The van der Waals surface area contributed by atoms with Crippen LogP contribution in [0.4, 0.5) is 10.6 Å². The molecular formula is C20H25ClN4O. The minimum atomic E-state index is -0.157. The van der Waals surface area contributed by atoms with Gasteiger partial charge in [0.2, 0.25) is 0 Å². The number of benzene rings is 1. The molecule has 0 radical (unpaired) electrons. The van der Waals surface area contributed by atoms with Crippen molar-refractivity contribution in [3.8, 4) is 0 Å². The highest BCUT2D eigenvalue weighted by Gasteiger charge is 2.25. The fourth-order valence-corrected chi connectivity index (χ4v) is 3.22. The molecule has 0 spiro atoms. The lowest BCUT2D eigenvalue weighted by molar-refractivity contribution is 0.192. The molecule has 0 unspecified atom stereocenters. The Hall–Kier alpha value is -2.27. The van der Waals surface area contributed by atoms with Crippen LogP contribution in [-0.2, 0) is 5.41 Å². The van der Waals surface area contributed by atoms with Crippen LogP contribution in [0, 0.1) is 0 Å². The van der Waals surface area contributed by atoms with E-state index in [1.165, 1.54) is 0 Å². The second kappa shape index (κ2) is 7.96. The fourth-order valence-electron chi connectivity index (χ4n) is 3.09. The smallest absolute Gasteiger partial charge is 0.317 e. The summed E-state index contributed by atoms with van der Waals surface area (Å²) < 4.78 is 0. The van der Waals surface area contributed by atoms with E-state index in [4.69, 9.17) is 11.6 Å². The third kappa shape index (κ3) is 4.47. The van der Waals surface area contributed by atoms with Crippen LogP contribution in [0.5, 0.6) is 0 Å². The molecule has 3 rings (SSSR count). The van der Waals surface area contributed by atoms with E-state index in [1.54, 1.807) is 6.20 Å². The summed E-state index contributed by atoms with van der Waals surface area (Å²) in [4.78, 5) is 21.0. The molecule has 2 amide bonds. The summed E-state index contributed by atoms with van der Waals surface area (Å²) >= 11 is 5.96. The van der Waals surface area contributed by atoms with Gasteiger partial charge >= 0.3 is 6.03 Å². The first kappa shape index (κ1) is 18.5. The lowest BCUT2D eigenvalue weighted by atomic mass is 9.85. The molecule has 26 heavy (non-hydrogen) atoms. The van der Waals surface area contributed by atoms with Crippen LogP contribution in [0.2, 0.25) is 5.02 Å². The summed E-state index contributed by atoms with van der Waals surface area (Å²) in [6.07, 6.45) is 1.80. The summed E-state index contributed by atoms with van der Waals surface area (Å²) in [5, 5.41) is 3.80. The minimum absolute atomic E-state index is 0.00675. The maximum absolute atomic E-state index is 12.5. The number of carbonyl (C=O) groups excluding carboxylic acids is 1. The van der Waals surface area contributed by atoms with Crippen molar-refractivity contribution in [3.63, 3.8) is 0 Å². The SMILES string of the molecule is CC(C)(CNC(=O)N1CCN(c2ccccn2)CC1)c1ccc(Cl)cc1. The van der Waals surface area contributed by atoms with Gasteiger partial charge in [0.05, 0.1) is 0 Å². The van der Waals surface area contributed by atoms with Crippen LogP contribution in [0.15, 0.2) is 48.7 Å². The number of anilines is 1. The van der Waals surface area contributed by atoms with Gasteiger partial charge in [-0.1, -0.05) is 43.6 Å². The second-order valence-corrected chi connectivity index (χ2v) is 7.65. The summed E-state index contributed by atoms with van der Waals surface area (Å²) in [7, 11) is 0. The van der Waals surface area contributed by atoms with Crippen molar-refractivity contribution >= 4 is 23.4 Å². The van der Waals surface area contributed by atoms with Gasteiger partial charge in [-0.05, 0) is 29.8 Å². The number of amides is 2. The van der Waals surface area contributed by atoms with Crippen LogP contribution in [0.1, 0.15) is 19.4 Å². The van der Waals surface area contributed by atoms with Gasteiger partial charge in [0.25, 0.3) is 0 Å². The van der Waals surface area contributed by atoms with E-state index < -0.39 is 0 Å².